The molecular formula is C16H21N3O. The zero-order valence-electron chi connectivity index (χ0n) is 12.1. The summed E-state index contributed by atoms with van der Waals surface area (Å²) in [6.07, 6.45) is 3.80. The van der Waals surface area contributed by atoms with Gasteiger partial charge in [0.2, 0.25) is 0 Å². The molecule has 0 unspecified atom stereocenters. The Balaban J connectivity index is 1.78. The number of nitrogens with zero attached hydrogens (tertiary/aromatic N) is 2. The Kier molecular flexibility index (Phi) is 5.50. The van der Waals surface area contributed by atoms with Gasteiger partial charge in [-0.25, -0.2) is 9.97 Å². The molecule has 0 spiro atoms. The number of hydrogen-bond acceptors (Lipinski definition) is 4. The van der Waals surface area contributed by atoms with Crippen molar-refractivity contribution in [3.05, 3.63) is 53.3 Å². The van der Waals surface area contributed by atoms with Gasteiger partial charge in [-0.15, -0.1) is 0 Å². The summed E-state index contributed by atoms with van der Waals surface area (Å²) in [7, 11) is 1.91. The molecule has 0 aliphatic heterocycles. The van der Waals surface area contributed by atoms with E-state index >= 15 is 0 Å². The molecule has 0 saturated carbocycles. The largest absolute Gasteiger partial charge is 0.463 e. The van der Waals surface area contributed by atoms with Crippen molar-refractivity contribution in [3.63, 3.8) is 0 Å². The molecule has 0 aliphatic carbocycles. The second kappa shape index (κ2) is 7.60. The van der Waals surface area contributed by atoms with E-state index in [2.05, 4.69) is 39.6 Å². The lowest BCUT2D eigenvalue weighted by atomic mass is 10.1. The van der Waals surface area contributed by atoms with Crippen molar-refractivity contribution in [1.82, 2.24) is 15.3 Å². The molecule has 0 amide bonds. The van der Waals surface area contributed by atoms with Crippen LogP contribution in [0.4, 0.5) is 0 Å². The number of aromatic nitrogens is 2. The average molecular weight is 271 g/mol. The van der Waals surface area contributed by atoms with Crippen molar-refractivity contribution in [2.24, 2.45) is 0 Å². The fourth-order valence-electron chi connectivity index (χ4n) is 1.99. The molecule has 0 atom stereocenters. The van der Waals surface area contributed by atoms with Crippen molar-refractivity contribution in [2.75, 3.05) is 13.7 Å². The first-order valence-corrected chi connectivity index (χ1v) is 6.93. The molecule has 0 fully saturated rings. The van der Waals surface area contributed by atoms with E-state index in [0.717, 1.165) is 30.6 Å². The second-order valence-electron chi connectivity index (χ2n) is 4.73. The minimum Gasteiger partial charge on any atom is -0.463 e. The van der Waals surface area contributed by atoms with Gasteiger partial charge in [0.25, 0.3) is 0 Å². The van der Waals surface area contributed by atoms with Crippen LogP contribution in [0.15, 0.2) is 36.5 Å². The molecule has 20 heavy (non-hydrogen) atoms. The molecule has 4 nitrogen and oxygen atoms in total. The monoisotopic (exact) mass is 271 g/mol. The van der Waals surface area contributed by atoms with Gasteiger partial charge in [-0.3, -0.25) is 0 Å². The van der Waals surface area contributed by atoms with Gasteiger partial charge in [0.05, 0.1) is 6.61 Å². The van der Waals surface area contributed by atoms with Gasteiger partial charge in [0.1, 0.15) is 0 Å². The number of rotatable bonds is 7. The second-order valence-corrected chi connectivity index (χ2v) is 4.73. The number of nitrogens with one attached hydrogen (secondary N) is 1. The smallest absolute Gasteiger partial charge is 0.316 e. The summed E-state index contributed by atoms with van der Waals surface area (Å²) in [4.78, 5) is 8.59. The van der Waals surface area contributed by atoms with Crippen LogP contribution in [0.2, 0.25) is 0 Å². The van der Waals surface area contributed by atoms with Crippen LogP contribution in [0, 0.1) is 6.92 Å². The highest BCUT2D eigenvalue weighted by Gasteiger charge is 2.03. The summed E-state index contributed by atoms with van der Waals surface area (Å²) >= 11 is 0. The molecule has 1 aromatic carbocycles. The van der Waals surface area contributed by atoms with Gasteiger partial charge in [-0.2, -0.15) is 0 Å². The quantitative estimate of drug-likeness (QED) is 0.786. The van der Waals surface area contributed by atoms with Crippen LogP contribution in [-0.2, 0) is 13.0 Å². The predicted molar refractivity (Wildman–Crippen MR) is 79.8 cm³/mol. The Morgan fingerprint density at radius 1 is 1.20 bits per heavy atom. The van der Waals surface area contributed by atoms with Gasteiger partial charge in [-0.1, -0.05) is 30.3 Å². The Bertz CT molecular complexity index is 529. The summed E-state index contributed by atoms with van der Waals surface area (Å²) in [5.74, 6) is 0. The van der Waals surface area contributed by atoms with Crippen LogP contribution in [0.25, 0.3) is 0 Å². The summed E-state index contributed by atoms with van der Waals surface area (Å²) in [6, 6.07) is 10.9. The van der Waals surface area contributed by atoms with E-state index < -0.39 is 0 Å². The molecule has 0 aliphatic rings. The minimum absolute atomic E-state index is 0.468. The van der Waals surface area contributed by atoms with E-state index in [1.54, 1.807) is 0 Å². The molecule has 0 radical (unpaired) electrons. The third-order valence-electron chi connectivity index (χ3n) is 3.11. The highest BCUT2D eigenvalue weighted by Crippen LogP contribution is 2.09. The third-order valence-corrected chi connectivity index (χ3v) is 3.11. The Morgan fingerprint density at radius 2 is 2.00 bits per heavy atom. The lowest BCUT2D eigenvalue weighted by Gasteiger charge is -2.08. The molecule has 2 rings (SSSR count). The number of aryl methyl sites for hydroxylation is 2. The third kappa shape index (κ3) is 4.31. The summed E-state index contributed by atoms with van der Waals surface area (Å²) in [5, 5.41) is 3.09. The summed E-state index contributed by atoms with van der Waals surface area (Å²) in [6.45, 7) is 3.39. The van der Waals surface area contributed by atoms with E-state index in [4.69, 9.17) is 4.74 Å². The van der Waals surface area contributed by atoms with Crippen molar-refractivity contribution in [1.29, 1.82) is 0 Å². The maximum Gasteiger partial charge on any atom is 0.316 e. The summed E-state index contributed by atoms with van der Waals surface area (Å²) < 4.78 is 5.60. The average Bonchev–Trinajstić information content (AvgIpc) is 2.48. The van der Waals surface area contributed by atoms with Crippen LogP contribution in [-0.4, -0.2) is 23.6 Å². The van der Waals surface area contributed by atoms with Crippen LogP contribution in [0.1, 0.15) is 23.2 Å². The van der Waals surface area contributed by atoms with Crippen molar-refractivity contribution in [2.45, 2.75) is 26.3 Å². The lowest BCUT2D eigenvalue weighted by molar-refractivity contribution is 0.285. The first-order chi connectivity index (χ1) is 9.79. The SMILES string of the molecule is CNCc1cnc(OCCCc2ccccc2)nc1C. The lowest BCUT2D eigenvalue weighted by Crippen LogP contribution is -2.10. The van der Waals surface area contributed by atoms with Crippen LogP contribution < -0.4 is 10.1 Å². The highest BCUT2D eigenvalue weighted by atomic mass is 16.5. The standard InChI is InChI=1S/C16H21N3O/c1-13-15(11-17-2)12-18-16(19-13)20-10-6-9-14-7-4-3-5-8-14/h3-5,7-8,12,17H,6,9-11H2,1-2H3. The Hall–Kier alpha value is -1.94. The fourth-order valence-corrected chi connectivity index (χ4v) is 1.99. The van der Waals surface area contributed by atoms with E-state index in [9.17, 15) is 0 Å². The normalized spacial score (nSPS) is 10.5. The topological polar surface area (TPSA) is 47.0 Å². The maximum absolute atomic E-state index is 5.60. The van der Waals surface area contributed by atoms with E-state index in [1.807, 2.05) is 26.2 Å². The molecular weight excluding hydrogens is 250 g/mol. The van der Waals surface area contributed by atoms with Crippen molar-refractivity contribution < 1.29 is 4.74 Å². The first kappa shape index (κ1) is 14.5. The maximum atomic E-state index is 5.60. The van der Waals surface area contributed by atoms with Gasteiger partial charge in [0, 0.05) is 24.0 Å². The molecule has 1 aromatic heterocycles. The van der Waals surface area contributed by atoms with E-state index in [0.29, 0.717) is 12.6 Å². The molecule has 2 aromatic rings. The van der Waals surface area contributed by atoms with Gasteiger partial charge in [0.15, 0.2) is 0 Å². The van der Waals surface area contributed by atoms with Crippen LogP contribution in [0.3, 0.4) is 0 Å². The van der Waals surface area contributed by atoms with Crippen molar-refractivity contribution in [3.8, 4) is 6.01 Å². The molecule has 0 saturated heterocycles. The van der Waals surface area contributed by atoms with Gasteiger partial charge in [-0.05, 0) is 32.4 Å². The van der Waals surface area contributed by atoms with Crippen LogP contribution >= 0.6 is 0 Å². The molecule has 0 bridgehead atoms. The Labute approximate surface area is 120 Å². The predicted octanol–water partition coefficient (Wildman–Crippen LogP) is 2.52. The summed E-state index contributed by atoms with van der Waals surface area (Å²) in [5.41, 5.74) is 3.40. The van der Waals surface area contributed by atoms with Crippen molar-refractivity contribution >= 4 is 0 Å². The van der Waals surface area contributed by atoms with Gasteiger partial charge >= 0.3 is 6.01 Å². The first-order valence-electron chi connectivity index (χ1n) is 6.93. The van der Waals surface area contributed by atoms with Gasteiger partial charge < -0.3 is 10.1 Å². The van der Waals surface area contributed by atoms with E-state index in [1.165, 1.54) is 5.56 Å². The molecule has 1 heterocycles. The molecule has 106 valence electrons. The minimum atomic E-state index is 0.468. The zero-order valence-corrected chi connectivity index (χ0v) is 12.1. The Morgan fingerprint density at radius 3 is 2.70 bits per heavy atom. The zero-order chi connectivity index (χ0) is 14.2. The fraction of sp³-hybridized carbons (Fsp3) is 0.375. The number of ether oxygens (including phenoxy) is 1. The van der Waals surface area contributed by atoms with E-state index in [-0.39, 0.29) is 0 Å². The highest BCUT2D eigenvalue weighted by molar-refractivity contribution is 5.17. The number of benzene rings is 1. The number of hydrogen-bond donors (Lipinski definition) is 1. The molecule has 1 N–H and O–H groups in total. The molecule has 4 heteroatoms. The van der Waals surface area contributed by atoms with Crippen LogP contribution in [0.5, 0.6) is 6.01 Å².